The van der Waals surface area contributed by atoms with Gasteiger partial charge in [-0.05, 0) is 42.4 Å². The molecule has 0 radical (unpaired) electrons. The maximum absolute atomic E-state index is 12.9. The summed E-state index contributed by atoms with van der Waals surface area (Å²) in [7, 11) is -2.22. The van der Waals surface area contributed by atoms with Gasteiger partial charge in [0.2, 0.25) is 10.0 Å². The fourth-order valence-electron chi connectivity index (χ4n) is 3.48. The van der Waals surface area contributed by atoms with Crippen molar-refractivity contribution in [3.8, 4) is 5.75 Å². The first-order valence-electron chi connectivity index (χ1n) is 11.1. The fraction of sp³-hybridized carbons (Fsp3) is 0.458. The Bertz CT molecular complexity index is 983. The zero-order valence-electron chi connectivity index (χ0n) is 19.7. The summed E-state index contributed by atoms with van der Waals surface area (Å²) in [5.74, 6) is -0.0544. The number of hydrogen-bond acceptors (Lipinski definition) is 5. The van der Waals surface area contributed by atoms with Crippen LogP contribution >= 0.6 is 0 Å². The number of methoxy groups -OCH3 is 1. The van der Waals surface area contributed by atoms with Gasteiger partial charge in [-0.1, -0.05) is 52.0 Å². The third-order valence-electron chi connectivity index (χ3n) is 5.54. The van der Waals surface area contributed by atoms with E-state index in [9.17, 15) is 13.2 Å². The van der Waals surface area contributed by atoms with Crippen molar-refractivity contribution in [2.75, 3.05) is 33.3 Å². The molecule has 2 aromatic carbocycles. The summed E-state index contributed by atoms with van der Waals surface area (Å²) in [6.07, 6.45) is 0. The first kappa shape index (κ1) is 25.8. The Morgan fingerprint density at radius 2 is 1.50 bits per heavy atom. The maximum Gasteiger partial charge on any atom is 0.255 e. The van der Waals surface area contributed by atoms with Crippen LogP contribution in [0.5, 0.6) is 5.75 Å². The number of amides is 1. The summed E-state index contributed by atoms with van der Waals surface area (Å²) >= 11 is 0. The van der Waals surface area contributed by atoms with Crippen LogP contribution in [0.4, 0.5) is 0 Å². The third kappa shape index (κ3) is 6.31. The summed E-state index contributed by atoms with van der Waals surface area (Å²) in [5.41, 5.74) is 2.38. The van der Waals surface area contributed by atoms with Crippen molar-refractivity contribution in [3.05, 3.63) is 59.2 Å². The summed E-state index contributed by atoms with van der Waals surface area (Å²) < 4.78 is 32.4. The number of benzene rings is 2. The van der Waals surface area contributed by atoms with Gasteiger partial charge in [0.25, 0.3) is 5.91 Å². The molecular formula is C24H35N3O4S. The van der Waals surface area contributed by atoms with E-state index in [0.29, 0.717) is 25.4 Å². The molecule has 0 aliphatic carbocycles. The van der Waals surface area contributed by atoms with Crippen molar-refractivity contribution in [2.45, 2.75) is 45.7 Å². The van der Waals surface area contributed by atoms with Crippen LogP contribution in [0.25, 0.3) is 0 Å². The Balaban J connectivity index is 2.15. The predicted octanol–water partition coefficient (Wildman–Crippen LogP) is 3.50. The molecule has 1 N–H and O–H groups in total. The first-order chi connectivity index (χ1) is 15.3. The van der Waals surface area contributed by atoms with E-state index in [1.807, 2.05) is 12.1 Å². The Labute approximate surface area is 192 Å². The maximum atomic E-state index is 12.9. The van der Waals surface area contributed by atoms with E-state index >= 15 is 0 Å². The highest BCUT2D eigenvalue weighted by atomic mass is 32.2. The minimum atomic E-state index is -3.67. The standard InChI is InChI=1S/C24H35N3O4S/c1-6-26(7-2)18-20-12-10-19(11-13-20)17-25-24(28)22-16-21(14-15-23(22)31-5)32(29,30)27(8-3)9-4/h10-16H,6-9,17-18H2,1-5H3,(H,25,28). The molecule has 2 rings (SSSR count). The summed E-state index contributed by atoms with van der Waals surface area (Å²) in [4.78, 5) is 15.3. The van der Waals surface area contributed by atoms with Gasteiger partial charge in [0.05, 0.1) is 17.6 Å². The molecule has 0 unspecified atom stereocenters. The van der Waals surface area contributed by atoms with Gasteiger partial charge in [-0.15, -0.1) is 0 Å². The fourth-order valence-corrected chi connectivity index (χ4v) is 4.97. The molecule has 0 fully saturated rings. The number of nitrogens with zero attached hydrogens (tertiary/aromatic N) is 2. The zero-order chi connectivity index (χ0) is 23.7. The lowest BCUT2D eigenvalue weighted by Gasteiger charge is -2.19. The van der Waals surface area contributed by atoms with E-state index in [2.05, 4.69) is 36.2 Å². The Kier molecular flexibility index (Phi) is 9.68. The van der Waals surface area contributed by atoms with Crippen molar-refractivity contribution < 1.29 is 17.9 Å². The number of carbonyl (C=O) groups is 1. The molecule has 0 aliphatic rings. The van der Waals surface area contributed by atoms with E-state index in [-0.39, 0.29) is 16.4 Å². The third-order valence-corrected chi connectivity index (χ3v) is 7.58. The van der Waals surface area contributed by atoms with Crippen LogP contribution in [0.1, 0.15) is 49.2 Å². The van der Waals surface area contributed by atoms with Gasteiger partial charge in [-0.25, -0.2) is 8.42 Å². The minimum Gasteiger partial charge on any atom is -0.496 e. The van der Waals surface area contributed by atoms with E-state index < -0.39 is 10.0 Å². The van der Waals surface area contributed by atoms with Crippen LogP contribution in [-0.4, -0.2) is 56.8 Å². The molecule has 0 spiro atoms. The van der Waals surface area contributed by atoms with Crippen LogP contribution in [0.3, 0.4) is 0 Å². The molecule has 8 heteroatoms. The molecule has 0 aliphatic heterocycles. The lowest BCUT2D eigenvalue weighted by molar-refractivity contribution is 0.0947. The van der Waals surface area contributed by atoms with Gasteiger partial charge in [0.1, 0.15) is 5.75 Å². The second-order valence-electron chi connectivity index (χ2n) is 7.41. The average molecular weight is 462 g/mol. The lowest BCUT2D eigenvalue weighted by Crippen LogP contribution is -2.31. The van der Waals surface area contributed by atoms with Crippen LogP contribution in [0, 0.1) is 0 Å². The molecule has 0 heterocycles. The van der Waals surface area contributed by atoms with Gasteiger partial charge in [0.15, 0.2) is 0 Å². The van der Waals surface area contributed by atoms with E-state index in [0.717, 1.165) is 25.2 Å². The summed E-state index contributed by atoms with van der Waals surface area (Å²) in [6, 6.07) is 12.5. The number of hydrogen-bond donors (Lipinski definition) is 1. The molecule has 0 atom stereocenters. The van der Waals surface area contributed by atoms with E-state index in [1.54, 1.807) is 13.8 Å². The Morgan fingerprint density at radius 1 is 0.906 bits per heavy atom. The highest BCUT2D eigenvalue weighted by Gasteiger charge is 2.24. The number of carbonyl (C=O) groups excluding carboxylic acids is 1. The Hall–Kier alpha value is -2.42. The molecule has 176 valence electrons. The smallest absolute Gasteiger partial charge is 0.255 e. The number of sulfonamides is 1. The van der Waals surface area contributed by atoms with Crippen molar-refractivity contribution in [3.63, 3.8) is 0 Å². The average Bonchev–Trinajstić information content (AvgIpc) is 2.81. The van der Waals surface area contributed by atoms with Gasteiger partial charge in [-0.2, -0.15) is 4.31 Å². The highest BCUT2D eigenvalue weighted by molar-refractivity contribution is 7.89. The zero-order valence-corrected chi connectivity index (χ0v) is 20.5. The molecule has 0 saturated heterocycles. The molecule has 32 heavy (non-hydrogen) atoms. The SMILES string of the molecule is CCN(CC)Cc1ccc(CNC(=O)c2cc(S(=O)(=O)N(CC)CC)ccc2OC)cc1. The van der Waals surface area contributed by atoms with Gasteiger partial charge >= 0.3 is 0 Å². The van der Waals surface area contributed by atoms with Crippen LogP contribution in [0.15, 0.2) is 47.4 Å². The molecular weight excluding hydrogens is 426 g/mol. The van der Waals surface area contributed by atoms with Crippen LogP contribution in [0.2, 0.25) is 0 Å². The molecule has 2 aromatic rings. The second kappa shape index (κ2) is 12.0. The van der Waals surface area contributed by atoms with Crippen LogP contribution < -0.4 is 10.1 Å². The minimum absolute atomic E-state index is 0.0768. The van der Waals surface area contributed by atoms with Crippen molar-refractivity contribution in [1.82, 2.24) is 14.5 Å². The normalized spacial score (nSPS) is 11.7. The first-order valence-corrected chi connectivity index (χ1v) is 12.5. The van der Waals surface area contributed by atoms with Gasteiger partial charge < -0.3 is 10.1 Å². The van der Waals surface area contributed by atoms with E-state index in [1.165, 1.54) is 35.2 Å². The van der Waals surface area contributed by atoms with Gasteiger partial charge in [0, 0.05) is 26.2 Å². The molecule has 0 saturated carbocycles. The predicted molar refractivity (Wildman–Crippen MR) is 127 cm³/mol. The summed E-state index contributed by atoms with van der Waals surface area (Å²) in [5, 5.41) is 2.87. The largest absolute Gasteiger partial charge is 0.496 e. The molecule has 0 aromatic heterocycles. The van der Waals surface area contributed by atoms with Crippen molar-refractivity contribution in [2.24, 2.45) is 0 Å². The molecule has 1 amide bonds. The number of ether oxygens (including phenoxy) is 1. The van der Waals surface area contributed by atoms with E-state index in [4.69, 9.17) is 4.74 Å². The van der Waals surface area contributed by atoms with Crippen molar-refractivity contribution in [1.29, 1.82) is 0 Å². The number of nitrogens with one attached hydrogen (secondary N) is 1. The van der Waals surface area contributed by atoms with Crippen molar-refractivity contribution >= 4 is 15.9 Å². The molecule has 7 nitrogen and oxygen atoms in total. The van der Waals surface area contributed by atoms with Gasteiger partial charge in [-0.3, -0.25) is 9.69 Å². The topological polar surface area (TPSA) is 79.0 Å². The second-order valence-corrected chi connectivity index (χ2v) is 9.35. The monoisotopic (exact) mass is 461 g/mol. The summed E-state index contributed by atoms with van der Waals surface area (Å²) in [6.45, 7) is 11.8. The highest BCUT2D eigenvalue weighted by Crippen LogP contribution is 2.24. The lowest BCUT2D eigenvalue weighted by atomic mass is 10.1. The number of rotatable bonds is 12. The molecule has 0 bridgehead atoms. The quantitative estimate of drug-likeness (QED) is 0.523. The Morgan fingerprint density at radius 3 is 2.03 bits per heavy atom. The van der Waals surface area contributed by atoms with Crippen LogP contribution in [-0.2, 0) is 23.1 Å².